The van der Waals surface area contributed by atoms with Crippen LogP contribution in [-0.2, 0) is 4.79 Å². The van der Waals surface area contributed by atoms with Gasteiger partial charge in [0.1, 0.15) is 11.5 Å². The molecule has 1 N–H and O–H groups in total. The van der Waals surface area contributed by atoms with Crippen LogP contribution in [0.15, 0.2) is 66.7 Å². The van der Waals surface area contributed by atoms with Crippen molar-refractivity contribution in [2.45, 2.75) is 39.3 Å². The second kappa shape index (κ2) is 10.4. The summed E-state index contributed by atoms with van der Waals surface area (Å²) >= 11 is 5.97. The Balaban J connectivity index is 1.87. The Labute approximate surface area is 221 Å². The molecule has 0 spiro atoms. The number of carbonyl (C=O) groups is 2. The molecule has 0 aliphatic carbocycles. The fourth-order valence-electron chi connectivity index (χ4n) is 4.40. The number of carbonyl (C=O) groups excluding carboxylic acids is 1. The van der Waals surface area contributed by atoms with Gasteiger partial charge in [-0.1, -0.05) is 23.7 Å². The van der Waals surface area contributed by atoms with Gasteiger partial charge < -0.3 is 19.1 Å². The Morgan fingerprint density at radius 1 is 0.974 bits per heavy atom. The number of aromatic nitrogens is 1. The number of hydrogen-bond acceptors (Lipinski definition) is 4. The number of nitrogens with zero attached hydrogens (tertiary/aromatic N) is 1. The SMILES string of the molecule is Cc1c(C(=O)c2ccc(Cl)cc2)c2ccc(OC(F)(F)F)cc2n1C(C)c1cccc(O[C@@H](C)C(=O)O)c1. The van der Waals surface area contributed by atoms with Crippen molar-refractivity contribution < 1.29 is 37.3 Å². The first kappa shape index (κ1) is 27.1. The third kappa shape index (κ3) is 5.62. The Morgan fingerprint density at radius 3 is 2.29 bits per heavy atom. The lowest BCUT2D eigenvalue weighted by atomic mass is 10.0. The number of benzene rings is 3. The number of fused-ring (bicyclic) bond motifs is 1. The zero-order chi connectivity index (χ0) is 27.8. The van der Waals surface area contributed by atoms with E-state index in [0.717, 1.165) is 0 Å². The lowest BCUT2D eigenvalue weighted by molar-refractivity contribution is -0.274. The van der Waals surface area contributed by atoms with E-state index in [1.54, 1.807) is 60.0 Å². The van der Waals surface area contributed by atoms with Gasteiger partial charge in [0.05, 0.1) is 17.1 Å². The van der Waals surface area contributed by atoms with E-state index in [9.17, 15) is 22.8 Å². The van der Waals surface area contributed by atoms with Crippen molar-refractivity contribution in [2.75, 3.05) is 0 Å². The maximum atomic E-state index is 13.6. The summed E-state index contributed by atoms with van der Waals surface area (Å²) in [5.74, 6) is -1.55. The van der Waals surface area contributed by atoms with Crippen LogP contribution >= 0.6 is 11.6 Å². The summed E-state index contributed by atoms with van der Waals surface area (Å²) in [6.07, 6.45) is -5.97. The molecule has 10 heteroatoms. The van der Waals surface area contributed by atoms with Crippen LogP contribution < -0.4 is 9.47 Å². The van der Waals surface area contributed by atoms with Crippen LogP contribution in [0.3, 0.4) is 0 Å². The summed E-state index contributed by atoms with van der Waals surface area (Å²) in [6, 6.07) is 16.5. The van der Waals surface area contributed by atoms with Crippen molar-refractivity contribution in [1.29, 1.82) is 0 Å². The molecule has 0 bridgehead atoms. The van der Waals surface area contributed by atoms with Gasteiger partial charge in [-0.15, -0.1) is 13.2 Å². The maximum absolute atomic E-state index is 13.6. The Hall–Kier alpha value is -3.98. The van der Waals surface area contributed by atoms with Gasteiger partial charge in [0.25, 0.3) is 0 Å². The zero-order valence-electron chi connectivity index (χ0n) is 20.5. The van der Waals surface area contributed by atoms with Crippen molar-refractivity contribution in [3.05, 3.63) is 94.1 Å². The summed E-state index contributed by atoms with van der Waals surface area (Å²) in [4.78, 5) is 24.8. The second-order valence-corrected chi connectivity index (χ2v) is 9.18. The number of carboxylic acid groups (broad SMARTS) is 1. The lowest BCUT2D eigenvalue weighted by Gasteiger charge is -2.20. The minimum atomic E-state index is -4.89. The highest BCUT2D eigenvalue weighted by Crippen LogP contribution is 2.37. The summed E-state index contributed by atoms with van der Waals surface area (Å²) in [6.45, 7) is 4.94. The topological polar surface area (TPSA) is 77.8 Å². The highest BCUT2D eigenvalue weighted by molar-refractivity contribution is 6.30. The van der Waals surface area contributed by atoms with Gasteiger partial charge in [-0.05, 0) is 74.9 Å². The number of halogens is 4. The van der Waals surface area contributed by atoms with Gasteiger partial charge in [-0.25, -0.2) is 4.79 Å². The maximum Gasteiger partial charge on any atom is 0.573 e. The minimum Gasteiger partial charge on any atom is -0.479 e. The van der Waals surface area contributed by atoms with Gasteiger partial charge in [-0.2, -0.15) is 0 Å². The van der Waals surface area contributed by atoms with Gasteiger partial charge in [0.15, 0.2) is 11.9 Å². The molecule has 0 radical (unpaired) electrons. The number of aliphatic carboxylic acids is 1. The fourth-order valence-corrected chi connectivity index (χ4v) is 4.52. The third-order valence-electron chi connectivity index (χ3n) is 6.18. The fraction of sp³-hybridized carbons (Fsp3) is 0.214. The molecular formula is C28H23ClF3NO5. The molecule has 0 saturated heterocycles. The summed E-state index contributed by atoms with van der Waals surface area (Å²) in [5.41, 5.74) is 2.28. The molecule has 198 valence electrons. The quantitative estimate of drug-likeness (QED) is 0.237. The third-order valence-corrected chi connectivity index (χ3v) is 6.43. The molecule has 4 aromatic rings. The number of ketones is 1. The van der Waals surface area contributed by atoms with Gasteiger partial charge in [0.2, 0.25) is 0 Å². The predicted molar refractivity (Wildman–Crippen MR) is 136 cm³/mol. The van der Waals surface area contributed by atoms with Crippen LogP contribution in [0.1, 0.15) is 47.1 Å². The molecule has 1 heterocycles. The van der Waals surface area contributed by atoms with E-state index >= 15 is 0 Å². The average Bonchev–Trinajstić information content (AvgIpc) is 3.13. The van der Waals surface area contributed by atoms with Crippen molar-refractivity contribution in [2.24, 2.45) is 0 Å². The second-order valence-electron chi connectivity index (χ2n) is 8.74. The molecule has 0 fully saturated rings. The standard InChI is InChI=1S/C28H23ClF3NO5/c1-15(19-5-4-6-21(13-19)37-17(3)27(35)36)33-16(2)25(26(34)18-7-9-20(29)10-8-18)23-12-11-22(14-24(23)33)38-28(30,31)32/h4-15,17H,1-3H3,(H,35,36)/t15?,17-/m0/s1. The van der Waals surface area contributed by atoms with Crippen LogP contribution in [0.5, 0.6) is 11.5 Å². The molecule has 0 saturated carbocycles. The summed E-state index contributed by atoms with van der Waals surface area (Å²) < 4.78 is 50.4. The number of alkyl halides is 3. The number of carboxylic acids is 1. The van der Waals surface area contributed by atoms with E-state index in [2.05, 4.69) is 4.74 Å². The molecule has 1 unspecified atom stereocenters. The normalized spacial score (nSPS) is 13.2. The number of hydrogen-bond donors (Lipinski definition) is 1. The first-order chi connectivity index (χ1) is 17.9. The predicted octanol–water partition coefficient (Wildman–Crippen LogP) is 7.19. The molecule has 0 aliphatic rings. The molecule has 0 aliphatic heterocycles. The van der Waals surface area contributed by atoms with Crippen molar-refractivity contribution >= 4 is 34.3 Å². The molecule has 1 aromatic heterocycles. The molecule has 0 amide bonds. The van der Waals surface area contributed by atoms with Gasteiger partial charge in [-0.3, -0.25) is 4.79 Å². The van der Waals surface area contributed by atoms with E-state index < -0.39 is 30.2 Å². The van der Waals surface area contributed by atoms with Crippen molar-refractivity contribution in [1.82, 2.24) is 4.57 Å². The highest BCUT2D eigenvalue weighted by Gasteiger charge is 2.32. The van der Waals surface area contributed by atoms with E-state index in [-0.39, 0.29) is 5.78 Å². The number of rotatable bonds is 8. The van der Waals surface area contributed by atoms with Crippen LogP contribution in [0.2, 0.25) is 5.02 Å². The van der Waals surface area contributed by atoms with E-state index in [1.807, 2.05) is 6.92 Å². The Kier molecular flexibility index (Phi) is 7.42. The monoisotopic (exact) mass is 545 g/mol. The van der Waals surface area contributed by atoms with Crippen LogP contribution in [0, 0.1) is 6.92 Å². The average molecular weight is 546 g/mol. The van der Waals surface area contributed by atoms with E-state index in [1.165, 1.54) is 25.1 Å². The minimum absolute atomic E-state index is 0.313. The Bertz CT molecular complexity index is 1510. The van der Waals surface area contributed by atoms with Crippen molar-refractivity contribution in [3.63, 3.8) is 0 Å². The smallest absolute Gasteiger partial charge is 0.479 e. The van der Waals surface area contributed by atoms with Crippen LogP contribution in [0.4, 0.5) is 13.2 Å². The van der Waals surface area contributed by atoms with Gasteiger partial charge >= 0.3 is 12.3 Å². The highest BCUT2D eigenvalue weighted by atomic mass is 35.5. The molecule has 2 atom stereocenters. The lowest BCUT2D eigenvalue weighted by Crippen LogP contribution is -2.23. The van der Waals surface area contributed by atoms with Crippen LogP contribution in [-0.4, -0.2) is 33.9 Å². The molecule has 6 nitrogen and oxygen atoms in total. The zero-order valence-corrected chi connectivity index (χ0v) is 21.3. The summed E-state index contributed by atoms with van der Waals surface area (Å²) in [7, 11) is 0. The van der Waals surface area contributed by atoms with Crippen LogP contribution in [0.25, 0.3) is 10.9 Å². The first-order valence-electron chi connectivity index (χ1n) is 11.6. The van der Waals surface area contributed by atoms with Gasteiger partial charge in [0, 0.05) is 27.7 Å². The summed E-state index contributed by atoms with van der Waals surface area (Å²) in [5, 5.41) is 10.1. The van der Waals surface area contributed by atoms with E-state index in [4.69, 9.17) is 21.4 Å². The van der Waals surface area contributed by atoms with E-state index in [0.29, 0.717) is 44.1 Å². The molecular weight excluding hydrogens is 523 g/mol. The molecule has 38 heavy (non-hydrogen) atoms. The van der Waals surface area contributed by atoms with Crippen molar-refractivity contribution in [3.8, 4) is 11.5 Å². The first-order valence-corrected chi connectivity index (χ1v) is 11.9. The molecule has 3 aromatic carbocycles. The largest absolute Gasteiger partial charge is 0.573 e. The Morgan fingerprint density at radius 2 is 1.66 bits per heavy atom. The molecule has 4 rings (SSSR count). The number of ether oxygens (including phenoxy) is 2.